The van der Waals surface area contributed by atoms with Gasteiger partial charge < -0.3 is 4.74 Å². The standard InChI is InChI=1S/C12H25NO/c1-9-8-12(9)7-5-6-10(2)14-11(3)13-4/h9-13H,5-8H2,1-4H3/t9-,10-,11-,12-/m1/s1. The molecule has 0 heterocycles. The Hall–Kier alpha value is -0.0800. The Labute approximate surface area is 88.4 Å². The second-order valence-electron chi connectivity index (χ2n) is 4.78. The highest BCUT2D eigenvalue weighted by molar-refractivity contribution is 4.81. The lowest BCUT2D eigenvalue weighted by Gasteiger charge is -2.18. The lowest BCUT2D eigenvalue weighted by molar-refractivity contribution is -0.0110. The van der Waals surface area contributed by atoms with Gasteiger partial charge in [0.2, 0.25) is 0 Å². The van der Waals surface area contributed by atoms with Crippen LogP contribution in [0.25, 0.3) is 0 Å². The zero-order chi connectivity index (χ0) is 10.6. The normalized spacial score (nSPS) is 30.0. The van der Waals surface area contributed by atoms with Crippen molar-refractivity contribution in [1.82, 2.24) is 5.32 Å². The van der Waals surface area contributed by atoms with E-state index < -0.39 is 0 Å². The van der Waals surface area contributed by atoms with E-state index in [1.165, 1.54) is 25.7 Å². The van der Waals surface area contributed by atoms with Gasteiger partial charge in [-0.05, 0) is 45.6 Å². The van der Waals surface area contributed by atoms with Crippen molar-refractivity contribution in [2.75, 3.05) is 7.05 Å². The lowest BCUT2D eigenvalue weighted by atomic mass is 10.1. The Morgan fingerprint density at radius 2 is 2.07 bits per heavy atom. The van der Waals surface area contributed by atoms with Crippen LogP contribution in [-0.2, 0) is 4.74 Å². The van der Waals surface area contributed by atoms with E-state index in [1.807, 2.05) is 7.05 Å². The second kappa shape index (κ2) is 5.72. The largest absolute Gasteiger partial charge is 0.361 e. The van der Waals surface area contributed by atoms with E-state index >= 15 is 0 Å². The van der Waals surface area contributed by atoms with Crippen molar-refractivity contribution in [1.29, 1.82) is 0 Å². The molecule has 2 nitrogen and oxygen atoms in total. The van der Waals surface area contributed by atoms with E-state index in [2.05, 4.69) is 26.1 Å². The third kappa shape index (κ3) is 4.43. The minimum absolute atomic E-state index is 0.185. The predicted molar refractivity (Wildman–Crippen MR) is 60.2 cm³/mol. The molecular weight excluding hydrogens is 174 g/mol. The molecule has 0 aromatic carbocycles. The van der Waals surface area contributed by atoms with Crippen LogP contribution in [0, 0.1) is 11.8 Å². The van der Waals surface area contributed by atoms with Gasteiger partial charge in [-0.2, -0.15) is 0 Å². The average Bonchev–Trinajstić information content (AvgIpc) is 2.82. The van der Waals surface area contributed by atoms with E-state index in [0.717, 1.165) is 11.8 Å². The molecule has 1 saturated carbocycles. The van der Waals surface area contributed by atoms with Crippen LogP contribution in [0.15, 0.2) is 0 Å². The van der Waals surface area contributed by atoms with Gasteiger partial charge in [0.1, 0.15) is 6.23 Å². The van der Waals surface area contributed by atoms with Gasteiger partial charge in [-0.25, -0.2) is 0 Å². The summed E-state index contributed by atoms with van der Waals surface area (Å²) in [4.78, 5) is 0. The van der Waals surface area contributed by atoms with Crippen LogP contribution in [0.2, 0.25) is 0 Å². The molecule has 1 N–H and O–H groups in total. The molecule has 1 fully saturated rings. The maximum absolute atomic E-state index is 5.72. The first-order valence-corrected chi connectivity index (χ1v) is 5.96. The maximum atomic E-state index is 5.72. The van der Waals surface area contributed by atoms with Crippen molar-refractivity contribution in [2.45, 2.75) is 58.8 Å². The third-order valence-corrected chi connectivity index (χ3v) is 3.30. The van der Waals surface area contributed by atoms with E-state index in [0.29, 0.717) is 6.10 Å². The van der Waals surface area contributed by atoms with E-state index in [-0.39, 0.29) is 6.23 Å². The van der Waals surface area contributed by atoms with Gasteiger partial charge in [-0.3, -0.25) is 5.32 Å². The number of hydrogen-bond acceptors (Lipinski definition) is 2. The zero-order valence-corrected chi connectivity index (χ0v) is 10.0. The molecule has 1 aliphatic carbocycles. The fraction of sp³-hybridized carbons (Fsp3) is 1.00. The Kier molecular flexibility index (Phi) is 4.90. The Morgan fingerprint density at radius 1 is 1.43 bits per heavy atom. The fourth-order valence-electron chi connectivity index (χ4n) is 1.95. The molecule has 0 aromatic rings. The maximum Gasteiger partial charge on any atom is 0.105 e. The highest BCUT2D eigenvalue weighted by Crippen LogP contribution is 2.41. The molecule has 2 heteroatoms. The Balaban J connectivity index is 1.94. The lowest BCUT2D eigenvalue weighted by Crippen LogP contribution is -2.28. The molecule has 0 aromatic heterocycles. The third-order valence-electron chi connectivity index (χ3n) is 3.30. The first-order chi connectivity index (χ1) is 6.63. The average molecular weight is 199 g/mol. The number of nitrogens with one attached hydrogen (secondary N) is 1. The summed E-state index contributed by atoms with van der Waals surface area (Å²) in [5.41, 5.74) is 0. The predicted octanol–water partition coefficient (Wildman–Crippen LogP) is 2.78. The number of hydrogen-bond donors (Lipinski definition) is 1. The monoisotopic (exact) mass is 199 g/mol. The Bertz CT molecular complexity index is 160. The number of rotatable bonds is 7. The van der Waals surface area contributed by atoms with Crippen LogP contribution in [0.1, 0.15) is 46.5 Å². The summed E-state index contributed by atoms with van der Waals surface area (Å²) in [5, 5.41) is 3.09. The smallest absolute Gasteiger partial charge is 0.105 e. The molecule has 0 spiro atoms. The molecular formula is C12H25NO. The van der Waals surface area contributed by atoms with Crippen molar-refractivity contribution < 1.29 is 4.74 Å². The molecule has 14 heavy (non-hydrogen) atoms. The minimum atomic E-state index is 0.185. The minimum Gasteiger partial charge on any atom is -0.361 e. The van der Waals surface area contributed by atoms with Gasteiger partial charge in [-0.15, -0.1) is 0 Å². The van der Waals surface area contributed by atoms with Crippen molar-refractivity contribution in [3.05, 3.63) is 0 Å². The van der Waals surface area contributed by atoms with Crippen molar-refractivity contribution in [3.63, 3.8) is 0 Å². The van der Waals surface area contributed by atoms with Crippen molar-refractivity contribution in [3.8, 4) is 0 Å². The molecule has 4 atom stereocenters. The highest BCUT2D eigenvalue weighted by atomic mass is 16.5. The van der Waals surface area contributed by atoms with Gasteiger partial charge in [-0.1, -0.05) is 19.8 Å². The quantitative estimate of drug-likeness (QED) is 0.637. The molecule has 0 saturated heterocycles. The van der Waals surface area contributed by atoms with Gasteiger partial charge >= 0.3 is 0 Å². The zero-order valence-electron chi connectivity index (χ0n) is 10.0. The van der Waals surface area contributed by atoms with Crippen LogP contribution in [0.3, 0.4) is 0 Å². The summed E-state index contributed by atoms with van der Waals surface area (Å²) in [7, 11) is 1.93. The Morgan fingerprint density at radius 3 is 2.57 bits per heavy atom. The van der Waals surface area contributed by atoms with Crippen molar-refractivity contribution in [2.24, 2.45) is 11.8 Å². The summed E-state index contributed by atoms with van der Waals surface area (Å²) in [6.45, 7) is 6.58. The molecule has 84 valence electrons. The van der Waals surface area contributed by atoms with Crippen LogP contribution < -0.4 is 5.32 Å². The highest BCUT2D eigenvalue weighted by Gasteiger charge is 2.31. The van der Waals surface area contributed by atoms with Crippen LogP contribution in [-0.4, -0.2) is 19.4 Å². The van der Waals surface area contributed by atoms with Crippen LogP contribution >= 0.6 is 0 Å². The second-order valence-corrected chi connectivity index (χ2v) is 4.78. The molecule has 1 rings (SSSR count). The van der Waals surface area contributed by atoms with E-state index in [9.17, 15) is 0 Å². The van der Waals surface area contributed by atoms with Gasteiger partial charge in [0, 0.05) is 0 Å². The molecule has 0 aliphatic heterocycles. The molecule has 1 aliphatic rings. The first kappa shape index (κ1) is 12.0. The van der Waals surface area contributed by atoms with Gasteiger partial charge in [0.15, 0.2) is 0 Å². The summed E-state index contributed by atoms with van der Waals surface area (Å²) in [6, 6.07) is 0. The SMILES string of the molecule is CN[C@@H](C)O[C@H](C)CCC[C@@H]1C[C@H]1C. The first-order valence-electron chi connectivity index (χ1n) is 5.96. The number of ether oxygens (including phenoxy) is 1. The van der Waals surface area contributed by atoms with Crippen LogP contribution in [0.5, 0.6) is 0 Å². The fourth-order valence-corrected chi connectivity index (χ4v) is 1.95. The topological polar surface area (TPSA) is 21.3 Å². The summed E-state index contributed by atoms with van der Waals surface area (Å²) in [5.74, 6) is 2.03. The molecule has 0 amide bonds. The summed E-state index contributed by atoms with van der Waals surface area (Å²) in [6.07, 6.45) is 5.98. The van der Waals surface area contributed by atoms with E-state index in [4.69, 9.17) is 4.74 Å². The van der Waals surface area contributed by atoms with Crippen LogP contribution in [0.4, 0.5) is 0 Å². The summed E-state index contributed by atoms with van der Waals surface area (Å²) >= 11 is 0. The molecule has 0 bridgehead atoms. The molecule has 0 unspecified atom stereocenters. The van der Waals surface area contributed by atoms with Gasteiger partial charge in [0.25, 0.3) is 0 Å². The molecule has 0 radical (unpaired) electrons. The van der Waals surface area contributed by atoms with Crippen molar-refractivity contribution >= 4 is 0 Å². The summed E-state index contributed by atoms with van der Waals surface area (Å²) < 4.78 is 5.72. The van der Waals surface area contributed by atoms with E-state index in [1.54, 1.807) is 0 Å². The van der Waals surface area contributed by atoms with Gasteiger partial charge in [0.05, 0.1) is 6.10 Å².